The van der Waals surface area contributed by atoms with Crippen LogP contribution in [-0.2, 0) is 0 Å². The molecule has 0 spiro atoms. The van der Waals surface area contributed by atoms with Gasteiger partial charge in [-0.2, -0.15) is 0 Å². The zero-order chi connectivity index (χ0) is 17.6. The van der Waals surface area contributed by atoms with Crippen LogP contribution < -0.4 is 10.1 Å². The largest absolute Gasteiger partial charge is 0.494 e. The lowest BCUT2D eigenvalue weighted by Gasteiger charge is -2.06. The molecule has 1 aromatic heterocycles. The van der Waals surface area contributed by atoms with Gasteiger partial charge in [0, 0.05) is 5.56 Å². The third kappa shape index (κ3) is 4.50. The first-order chi connectivity index (χ1) is 12.2. The predicted octanol–water partition coefficient (Wildman–Crippen LogP) is 5.77. The Morgan fingerprint density at radius 3 is 2.72 bits per heavy atom. The first-order valence-electron chi connectivity index (χ1n) is 8.26. The van der Waals surface area contributed by atoms with Crippen molar-refractivity contribution in [2.24, 2.45) is 0 Å². The molecule has 0 saturated heterocycles. The van der Waals surface area contributed by atoms with Crippen LogP contribution in [0.25, 0.3) is 10.2 Å². The maximum absolute atomic E-state index is 12.4. The number of hydrogen-bond acceptors (Lipinski definition) is 4. The van der Waals surface area contributed by atoms with Crippen molar-refractivity contribution in [3.63, 3.8) is 0 Å². The lowest BCUT2D eigenvalue weighted by molar-refractivity contribution is 0.102. The fourth-order valence-corrected chi connectivity index (χ4v) is 3.54. The molecular formula is C19H19ClN2O2S. The fourth-order valence-electron chi connectivity index (χ4n) is 2.38. The number of fused-ring (bicyclic) bond motifs is 1. The van der Waals surface area contributed by atoms with E-state index in [2.05, 4.69) is 17.2 Å². The molecule has 1 amide bonds. The molecular weight excluding hydrogens is 356 g/mol. The van der Waals surface area contributed by atoms with Crippen LogP contribution in [0.1, 0.15) is 36.5 Å². The van der Waals surface area contributed by atoms with Gasteiger partial charge in [-0.05, 0) is 42.8 Å². The summed E-state index contributed by atoms with van der Waals surface area (Å²) in [7, 11) is 0. The van der Waals surface area contributed by atoms with Gasteiger partial charge in [-0.1, -0.05) is 48.8 Å². The summed E-state index contributed by atoms with van der Waals surface area (Å²) in [5.74, 6) is 0.576. The Bertz CT molecular complexity index is 861. The molecule has 0 aliphatic heterocycles. The number of unbranched alkanes of at least 4 members (excludes halogenated alkanes) is 2. The topological polar surface area (TPSA) is 51.2 Å². The summed E-state index contributed by atoms with van der Waals surface area (Å²) in [5.41, 5.74) is 1.27. The van der Waals surface area contributed by atoms with E-state index in [1.165, 1.54) is 17.8 Å². The van der Waals surface area contributed by atoms with E-state index in [0.717, 1.165) is 23.3 Å². The number of anilines is 1. The Morgan fingerprint density at radius 2 is 2.00 bits per heavy atom. The number of para-hydroxylation sites is 1. The number of ether oxygens (including phenoxy) is 1. The Labute approximate surface area is 155 Å². The van der Waals surface area contributed by atoms with Crippen LogP contribution in [-0.4, -0.2) is 17.5 Å². The average Bonchev–Trinajstić information content (AvgIpc) is 3.03. The highest BCUT2D eigenvalue weighted by molar-refractivity contribution is 7.22. The molecule has 0 saturated carbocycles. The summed E-state index contributed by atoms with van der Waals surface area (Å²) < 4.78 is 6.60. The van der Waals surface area contributed by atoms with Gasteiger partial charge in [-0.15, -0.1) is 0 Å². The fraction of sp³-hybridized carbons (Fsp3) is 0.263. The van der Waals surface area contributed by atoms with E-state index >= 15 is 0 Å². The van der Waals surface area contributed by atoms with Crippen molar-refractivity contribution in [1.82, 2.24) is 4.98 Å². The van der Waals surface area contributed by atoms with E-state index in [1.54, 1.807) is 18.2 Å². The number of aromatic nitrogens is 1. The number of carbonyl (C=O) groups excluding carboxylic acids is 1. The molecule has 1 heterocycles. The molecule has 4 nitrogen and oxygen atoms in total. The van der Waals surface area contributed by atoms with Crippen LogP contribution in [0, 0.1) is 0 Å². The highest BCUT2D eigenvalue weighted by Crippen LogP contribution is 2.30. The summed E-state index contributed by atoms with van der Waals surface area (Å²) in [6, 6.07) is 12.7. The average molecular weight is 375 g/mol. The molecule has 0 unspecified atom stereocenters. The molecule has 0 aliphatic carbocycles. The van der Waals surface area contributed by atoms with Crippen molar-refractivity contribution in [1.29, 1.82) is 0 Å². The molecule has 0 bridgehead atoms. The smallest absolute Gasteiger partial charge is 0.257 e. The van der Waals surface area contributed by atoms with E-state index in [0.29, 0.717) is 27.8 Å². The molecule has 2 aromatic carbocycles. The van der Waals surface area contributed by atoms with Gasteiger partial charge in [0.05, 0.1) is 16.3 Å². The summed E-state index contributed by atoms with van der Waals surface area (Å²) in [4.78, 5) is 16.8. The van der Waals surface area contributed by atoms with Crippen molar-refractivity contribution in [2.45, 2.75) is 26.2 Å². The number of amides is 1. The third-order valence-corrected chi connectivity index (χ3v) is 4.96. The second-order valence-electron chi connectivity index (χ2n) is 5.64. The van der Waals surface area contributed by atoms with Crippen LogP contribution in [0.15, 0.2) is 42.5 Å². The maximum atomic E-state index is 12.4. The van der Waals surface area contributed by atoms with Crippen molar-refractivity contribution >= 4 is 44.2 Å². The number of thiazole rings is 1. The van der Waals surface area contributed by atoms with Gasteiger partial charge in [0.2, 0.25) is 0 Å². The second-order valence-corrected chi connectivity index (χ2v) is 7.08. The van der Waals surface area contributed by atoms with E-state index in [-0.39, 0.29) is 5.91 Å². The number of halogens is 1. The number of carbonyl (C=O) groups is 1. The summed E-state index contributed by atoms with van der Waals surface area (Å²) >= 11 is 7.52. The zero-order valence-electron chi connectivity index (χ0n) is 13.9. The number of hydrogen-bond donors (Lipinski definition) is 1. The standard InChI is InChI=1S/C19H19ClN2O2S/c1-2-3-4-12-24-14-10-8-13(9-11-14)18(23)22-19-21-17-15(20)6-5-7-16(17)25-19/h5-11H,2-4,12H2,1H3,(H,21,22,23). The predicted molar refractivity (Wildman–Crippen MR) is 104 cm³/mol. The van der Waals surface area contributed by atoms with Gasteiger partial charge in [0.25, 0.3) is 5.91 Å². The lowest BCUT2D eigenvalue weighted by Crippen LogP contribution is -2.11. The van der Waals surface area contributed by atoms with Crippen molar-refractivity contribution in [3.8, 4) is 5.75 Å². The van der Waals surface area contributed by atoms with E-state index in [9.17, 15) is 4.79 Å². The summed E-state index contributed by atoms with van der Waals surface area (Å²) in [5, 5.41) is 3.94. The Kier molecular flexibility index (Phi) is 5.89. The van der Waals surface area contributed by atoms with Crippen LogP contribution in [0.4, 0.5) is 5.13 Å². The van der Waals surface area contributed by atoms with Crippen molar-refractivity contribution in [2.75, 3.05) is 11.9 Å². The van der Waals surface area contributed by atoms with Crippen LogP contribution in [0.3, 0.4) is 0 Å². The number of nitrogens with one attached hydrogen (secondary N) is 1. The number of nitrogens with zero attached hydrogens (tertiary/aromatic N) is 1. The molecule has 0 fully saturated rings. The van der Waals surface area contributed by atoms with Crippen molar-refractivity contribution in [3.05, 3.63) is 53.1 Å². The highest BCUT2D eigenvalue weighted by atomic mass is 35.5. The first-order valence-corrected chi connectivity index (χ1v) is 9.46. The molecule has 3 rings (SSSR count). The molecule has 0 aliphatic rings. The molecule has 130 valence electrons. The molecule has 0 atom stereocenters. The van der Waals surface area contributed by atoms with Crippen molar-refractivity contribution < 1.29 is 9.53 Å². The molecule has 25 heavy (non-hydrogen) atoms. The molecule has 3 aromatic rings. The van der Waals surface area contributed by atoms with E-state index < -0.39 is 0 Å². The Morgan fingerprint density at radius 1 is 1.20 bits per heavy atom. The minimum Gasteiger partial charge on any atom is -0.494 e. The lowest BCUT2D eigenvalue weighted by atomic mass is 10.2. The van der Waals surface area contributed by atoms with Crippen LogP contribution in [0.2, 0.25) is 5.02 Å². The zero-order valence-corrected chi connectivity index (χ0v) is 15.5. The molecule has 0 radical (unpaired) electrons. The minimum atomic E-state index is -0.201. The van der Waals surface area contributed by atoms with Gasteiger partial charge in [-0.3, -0.25) is 10.1 Å². The second kappa shape index (κ2) is 8.32. The minimum absolute atomic E-state index is 0.201. The van der Waals surface area contributed by atoms with Gasteiger partial charge in [0.15, 0.2) is 5.13 Å². The quantitative estimate of drug-likeness (QED) is 0.534. The van der Waals surface area contributed by atoms with Crippen LogP contribution >= 0.6 is 22.9 Å². The number of benzene rings is 2. The highest BCUT2D eigenvalue weighted by Gasteiger charge is 2.11. The Hall–Kier alpha value is -2.11. The monoisotopic (exact) mass is 374 g/mol. The summed E-state index contributed by atoms with van der Waals surface area (Å²) in [6.07, 6.45) is 3.37. The summed E-state index contributed by atoms with van der Waals surface area (Å²) in [6.45, 7) is 2.86. The third-order valence-electron chi connectivity index (χ3n) is 3.72. The molecule has 1 N–H and O–H groups in total. The maximum Gasteiger partial charge on any atom is 0.257 e. The van der Waals surface area contributed by atoms with Gasteiger partial charge < -0.3 is 4.74 Å². The Balaban J connectivity index is 1.63. The van der Waals surface area contributed by atoms with E-state index in [1.807, 2.05) is 24.3 Å². The van der Waals surface area contributed by atoms with Crippen LogP contribution in [0.5, 0.6) is 5.75 Å². The van der Waals surface area contributed by atoms with Gasteiger partial charge in [0.1, 0.15) is 11.3 Å². The normalized spacial score (nSPS) is 10.8. The molecule has 6 heteroatoms. The van der Waals surface area contributed by atoms with Gasteiger partial charge in [-0.25, -0.2) is 4.98 Å². The van der Waals surface area contributed by atoms with E-state index in [4.69, 9.17) is 16.3 Å². The number of rotatable bonds is 7. The SMILES string of the molecule is CCCCCOc1ccc(C(=O)Nc2nc3c(Cl)cccc3s2)cc1. The van der Waals surface area contributed by atoms with Gasteiger partial charge >= 0.3 is 0 Å². The first kappa shape index (κ1) is 17.7.